The van der Waals surface area contributed by atoms with Crippen LogP contribution in [0.3, 0.4) is 0 Å². The fraction of sp³-hybridized carbons (Fsp3) is 0.323. The largest absolute Gasteiger partial charge is 0.478 e. The highest BCUT2D eigenvalue weighted by Crippen LogP contribution is 2.24. The summed E-state index contributed by atoms with van der Waals surface area (Å²) < 4.78 is 22.3. The van der Waals surface area contributed by atoms with E-state index in [4.69, 9.17) is 15.0 Å². The quantitative estimate of drug-likeness (QED) is 0.317. The van der Waals surface area contributed by atoms with E-state index in [1.54, 1.807) is 30.3 Å². The number of pyridine rings is 1. The van der Waals surface area contributed by atoms with Crippen molar-refractivity contribution in [2.24, 2.45) is 0 Å². The van der Waals surface area contributed by atoms with E-state index in [0.717, 1.165) is 55.5 Å². The smallest absolute Gasteiger partial charge is 0.335 e. The van der Waals surface area contributed by atoms with Gasteiger partial charge >= 0.3 is 5.97 Å². The first kappa shape index (κ1) is 28.3. The van der Waals surface area contributed by atoms with Crippen LogP contribution in [0.1, 0.15) is 44.9 Å². The molecule has 0 spiro atoms. The number of nitrogens with one attached hydrogen (secondary N) is 1. The van der Waals surface area contributed by atoms with E-state index in [0.29, 0.717) is 37.8 Å². The number of ether oxygens (including phenoxy) is 1. The SMILES string of the molecule is N#Cc1ccc(C(=O)Nc2cccc(N3CCN(Cc4nc5ccc(C(=O)O)cc5n4C[C@@H]4CCCO4)CC3)n2)c(F)c1. The lowest BCUT2D eigenvalue weighted by Gasteiger charge is -2.35. The van der Waals surface area contributed by atoms with Crippen LogP contribution in [0.5, 0.6) is 0 Å². The topological polar surface area (TPSA) is 137 Å². The molecule has 2 aliphatic rings. The van der Waals surface area contributed by atoms with Gasteiger partial charge in [-0.25, -0.2) is 19.2 Å². The van der Waals surface area contributed by atoms with E-state index < -0.39 is 17.7 Å². The summed E-state index contributed by atoms with van der Waals surface area (Å²) in [4.78, 5) is 38.2. The predicted molar refractivity (Wildman–Crippen MR) is 156 cm³/mol. The van der Waals surface area contributed by atoms with Crippen molar-refractivity contribution in [2.45, 2.75) is 32.0 Å². The van der Waals surface area contributed by atoms with Gasteiger partial charge in [0.05, 0.1) is 53.0 Å². The number of hydrogen-bond donors (Lipinski definition) is 2. The van der Waals surface area contributed by atoms with Crippen molar-refractivity contribution in [2.75, 3.05) is 43.0 Å². The summed E-state index contributed by atoms with van der Waals surface area (Å²) in [6.07, 6.45) is 2.06. The van der Waals surface area contributed by atoms with Gasteiger partial charge in [0.15, 0.2) is 0 Å². The van der Waals surface area contributed by atoms with Crippen LogP contribution in [0, 0.1) is 17.1 Å². The third-order valence-electron chi connectivity index (χ3n) is 7.86. The lowest BCUT2D eigenvalue weighted by molar-refractivity contribution is 0.0696. The van der Waals surface area contributed by atoms with Crippen LogP contribution in [-0.2, 0) is 17.8 Å². The van der Waals surface area contributed by atoms with Gasteiger partial charge in [-0.1, -0.05) is 6.07 Å². The molecule has 11 nitrogen and oxygen atoms in total. The van der Waals surface area contributed by atoms with E-state index >= 15 is 0 Å². The van der Waals surface area contributed by atoms with Crippen LogP contribution in [-0.4, -0.2) is 75.3 Å². The molecular weight excluding hydrogens is 553 g/mol. The van der Waals surface area contributed by atoms with Gasteiger partial charge < -0.3 is 24.6 Å². The van der Waals surface area contributed by atoms with Gasteiger partial charge in [-0.15, -0.1) is 0 Å². The van der Waals surface area contributed by atoms with Gasteiger partial charge in [-0.05, 0) is 61.4 Å². The van der Waals surface area contributed by atoms with E-state index in [1.165, 1.54) is 12.1 Å². The summed E-state index contributed by atoms with van der Waals surface area (Å²) in [5.74, 6) is -0.502. The average molecular weight is 584 g/mol. The number of carboxylic acid groups (broad SMARTS) is 1. The molecule has 1 atom stereocenters. The number of imidazole rings is 1. The molecule has 0 radical (unpaired) electrons. The first-order valence-corrected chi connectivity index (χ1v) is 14.2. The summed E-state index contributed by atoms with van der Waals surface area (Å²) >= 11 is 0. The third-order valence-corrected chi connectivity index (χ3v) is 7.86. The van der Waals surface area contributed by atoms with E-state index in [1.807, 2.05) is 12.1 Å². The number of carbonyl (C=O) groups is 2. The van der Waals surface area contributed by atoms with E-state index in [2.05, 4.69) is 24.7 Å². The lowest BCUT2D eigenvalue weighted by Crippen LogP contribution is -2.46. The Hall–Kier alpha value is -4.86. The zero-order valence-electron chi connectivity index (χ0n) is 23.4. The molecule has 2 aliphatic heterocycles. The zero-order chi connectivity index (χ0) is 29.9. The van der Waals surface area contributed by atoms with Crippen LogP contribution in [0.15, 0.2) is 54.6 Å². The predicted octanol–water partition coefficient (Wildman–Crippen LogP) is 3.89. The van der Waals surface area contributed by atoms with Crippen molar-refractivity contribution in [1.82, 2.24) is 19.4 Å². The highest BCUT2D eigenvalue weighted by Gasteiger charge is 2.24. The van der Waals surface area contributed by atoms with E-state index in [9.17, 15) is 19.1 Å². The average Bonchev–Trinajstić information content (AvgIpc) is 3.65. The van der Waals surface area contributed by atoms with Gasteiger partial charge in [0.25, 0.3) is 5.91 Å². The number of anilines is 2. The molecule has 2 aromatic heterocycles. The Morgan fingerprint density at radius 3 is 2.65 bits per heavy atom. The zero-order valence-corrected chi connectivity index (χ0v) is 23.4. The number of carbonyl (C=O) groups excluding carboxylic acids is 1. The number of rotatable bonds is 8. The standard InChI is InChI=1S/C31H30FN7O4/c32-24-15-20(17-33)6-8-23(24)30(40)36-27-4-1-5-28(35-27)38-12-10-37(11-13-38)19-29-34-25-9-7-21(31(41)42)16-26(25)39(29)18-22-3-2-14-43-22/h1,4-9,15-16,22H,2-3,10-14,18-19H2,(H,41,42)(H,35,36,40)/t22-/m0/s1. The molecule has 2 aromatic carbocycles. The number of hydrogen-bond acceptors (Lipinski definition) is 8. The summed E-state index contributed by atoms with van der Waals surface area (Å²) in [6, 6.07) is 15.9. The molecule has 6 rings (SSSR count). The van der Waals surface area contributed by atoms with Crippen molar-refractivity contribution < 1.29 is 23.8 Å². The Kier molecular flexibility index (Phi) is 8.00. The molecule has 1 amide bonds. The first-order chi connectivity index (χ1) is 20.9. The van der Waals surface area contributed by atoms with Crippen LogP contribution in [0.25, 0.3) is 11.0 Å². The van der Waals surface area contributed by atoms with Gasteiger partial charge in [-0.2, -0.15) is 5.26 Å². The second-order valence-corrected chi connectivity index (χ2v) is 10.7. The summed E-state index contributed by atoms with van der Waals surface area (Å²) in [5, 5.41) is 21.1. The highest BCUT2D eigenvalue weighted by atomic mass is 19.1. The lowest BCUT2D eigenvalue weighted by atomic mass is 10.1. The third kappa shape index (κ3) is 6.18. The molecule has 2 fully saturated rings. The number of piperazine rings is 1. The van der Waals surface area contributed by atoms with Crippen LogP contribution >= 0.6 is 0 Å². The maximum absolute atomic E-state index is 14.3. The molecular formula is C31H30FN7O4. The maximum atomic E-state index is 14.3. The Morgan fingerprint density at radius 2 is 1.93 bits per heavy atom. The number of carboxylic acids is 1. The number of aromatic nitrogens is 3. The minimum Gasteiger partial charge on any atom is -0.478 e. The van der Waals surface area contributed by atoms with Crippen molar-refractivity contribution in [1.29, 1.82) is 5.26 Å². The second kappa shape index (κ2) is 12.2. The van der Waals surface area contributed by atoms with Gasteiger partial charge in [-0.3, -0.25) is 9.69 Å². The molecule has 0 unspecified atom stereocenters. The highest BCUT2D eigenvalue weighted by molar-refractivity contribution is 6.04. The van der Waals surface area contributed by atoms with Gasteiger partial charge in [0.2, 0.25) is 0 Å². The molecule has 0 saturated carbocycles. The monoisotopic (exact) mass is 583 g/mol. The minimum absolute atomic E-state index is 0.0775. The number of nitrogens with zero attached hydrogens (tertiary/aromatic N) is 6. The number of aromatic carboxylic acids is 1. The normalized spacial score (nSPS) is 17.2. The van der Waals surface area contributed by atoms with Crippen molar-refractivity contribution in [3.05, 3.63) is 82.9 Å². The fourth-order valence-electron chi connectivity index (χ4n) is 5.58. The van der Waals surface area contributed by atoms with Crippen LogP contribution in [0.2, 0.25) is 0 Å². The summed E-state index contributed by atoms with van der Waals surface area (Å²) in [7, 11) is 0. The molecule has 2 saturated heterocycles. The molecule has 43 heavy (non-hydrogen) atoms. The molecule has 0 bridgehead atoms. The van der Waals surface area contributed by atoms with Crippen molar-refractivity contribution in [3.63, 3.8) is 0 Å². The van der Waals surface area contributed by atoms with Crippen LogP contribution < -0.4 is 10.2 Å². The molecule has 4 heterocycles. The molecule has 4 aromatic rings. The number of nitriles is 1. The Bertz CT molecular complexity index is 1720. The summed E-state index contributed by atoms with van der Waals surface area (Å²) in [6.45, 7) is 4.87. The number of benzene rings is 2. The molecule has 2 N–H and O–H groups in total. The van der Waals surface area contributed by atoms with Crippen molar-refractivity contribution in [3.8, 4) is 6.07 Å². The number of fused-ring (bicyclic) bond motifs is 1. The van der Waals surface area contributed by atoms with Crippen LogP contribution in [0.4, 0.5) is 16.0 Å². The second-order valence-electron chi connectivity index (χ2n) is 10.7. The van der Waals surface area contributed by atoms with E-state index in [-0.39, 0.29) is 22.8 Å². The molecule has 0 aliphatic carbocycles. The molecule has 220 valence electrons. The molecule has 12 heteroatoms. The van der Waals surface area contributed by atoms with Crippen molar-refractivity contribution >= 4 is 34.5 Å². The maximum Gasteiger partial charge on any atom is 0.335 e. The number of halogens is 1. The van der Waals surface area contributed by atoms with Gasteiger partial charge in [0, 0.05) is 32.8 Å². The first-order valence-electron chi connectivity index (χ1n) is 14.2. The number of amides is 1. The Balaban J connectivity index is 1.12. The Labute approximate surface area is 247 Å². The minimum atomic E-state index is -0.969. The summed E-state index contributed by atoms with van der Waals surface area (Å²) in [5.41, 5.74) is 1.77. The van der Waals surface area contributed by atoms with Gasteiger partial charge in [0.1, 0.15) is 23.3 Å². The Morgan fingerprint density at radius 1 is 1.09 bits per heavy atom. The fourth-order valence-corrected chi connectivity index (χ4v) is 5.58.